The van der Waals surface area contributed by atoms with E-state index in [1.54, 1.807) is 29.7 Å². The topological polar surface area (TPSA) is 304 Å². The summed E-state index contributed by atoms with van der Waals surface area (Å²) >= 11 is 1.57. The van der Waals surface area contributed by atoms with Gasteiger partial charge >= 0.3 is 5.97 Å². The minimum absolute atomic E-state index is 0.00239. The lowest BCUT2D eigenvalue weighted by molar-refractivity contribution is -0.144. The van der Waals surface area contributed by atoms with E-state index in [9.17, 15) is 34.2 Å². The number of aliphatic hydroxyl groups is 2. The molecule has 6 heterocycles. The molecule has 0 spiro atoms. The van der Waals surface area contributed by atoms with E-state index >= 15 is 0 Å². The van der Waals surface area contributed by atoms with Crippen molar-refractivity contribution < 1.29 is 62.3 Å². The van der Waals surface area contributed by atoms with Crippen LogP contribution in [0.15, 0.2) is 88.9 Å². The van der Waals surface area contributed by atoms with E-state index in [2.05, 4.69) is 41.4 Å². The second-order valence-electron chi connectivity index (χ2n) is 23.5. The number of aromatic nitrogens is 5. The van der Waals surface area contributed by atoms with Crippen LogP contribution in [-0.4, -0.2) is 172 Å². The molecule has 0 unspecified atom stereocenters. The van der Waals surface area contributed by atoms with Crippen molar-refractivity contribution >= 4 is 58.4 Å². The van der Waals surface area contributed by atoms with E-state index in [0.29, 0.717) is 80.9 Å². The average Bonchev–Trinajstić information content (AvgIpc) is 2.34. The van der Waals surface area contributed by atoms with Gasteiger partial charge in [0.05, 0.1) is 105 Å². The Morgan fingerprint density at radius 1 is 0.852 bits per heavy atom. The number of β-amino-alcohol motifs (C(OH)–C–C–N with tert-alkyl or cyclic N) is 1. The average molecular weight is 1230 g/mol. The van der Waals surface area contributed by atoms with E-state index in [4.69, 9.17) is 33.1 Å². The van der Waals surface area contributed by atoms with Crippen molar-refractivity contribution in [2.75, 3.05) is 89.7 Å². The third kappa shape index (κ3) is 16.9. The number of thiazole rings is 1. The monoisotopic (exact) mass is 1230 g/mol. The van der Waals surface area contributed by atoms with Gasteiger partial charge in [0.1, 0.15) is 23.5 Å². The first-order valence-electron chi connectivity index (χ1n) is 29.8. The summed E-state index contributed by atoms with van der Waals surface area (Å²) in [6.45, 7) is 14.3. The van der Waals surface area contributed by atoms with Gasteiger partial charge in [0.2, 0.25) is 35.5 Å². The van der Waals surface area contributed by atoms with Gasteiger partial charge < -0.3 is 69.4 Å². The second kappa shape index (κ2) is 29.9. The molecular weight excluding hydrogens is 1150 g/mol. The number of rotatable bonds is 29. The highest BCUT2D eigenvalue weighted by Gasteiger charge is 2.45. The summed E-state index contributed by atoms with van der Waals surface area (Å²) in [5.74, 6) is -0.432. The van der Waals surface area contributed by atoms with E-state index in [1.165, 1.54) is 4.90 Å². The van der Waals surface area contributed by atoms with Crippen molar-refractivity contribution in [1.29, 1.82) is 0 Å². The van der Waals surface area contributed by atoms with Crippen LogP contribution in [0, 0.1) is 12.3 Å². The van der Waals surface area contributed by atoms with E-state index < -0.39 is 41.2 Å². The van der Waals surface area contributed by atoms with E-state index in [-0.39, 0.29) is 107 Å². The Labute approximate surface area is 515 Å². The first-order valence-corrected chi connectivity index (χ1v) is 30.6. The van der Waals surface area contributed by atoms with Crippen molar-refractivity contribution in [3.8, 4) is 21.9 Å². The Hall–Kier alpha value is -7.78. The molecule has 2 fully saturated rings. The fourth-order valence-electron chi connectivity index (χ4n) is 10.7. The molecule has 3 aromatic carbocycles. The SMILES string of the molecule is Cc1ncsc1-c1ccc(CNC(=O)[C@@H]2C[C@@H](O)CN2C(=O)[C@@H](NC(=O)CCOCCOCCOCCOCCC(=O)N2CCC(c3nnc(-c4cnc(Nc5ccc6c(c5)C(C)(C)OC6=O)nc4N[C@H](CO)c4ccccc4)o3)CC2)C(C)(C)C)cc1. The van der Waals surface area contributed by atoms with Crippen LogP contribution in [0.5, 0.6) is 0 Å². The molecule has 25 heteroatoms. The van der Waals surface area contributed by atoms with Gasteiger partial charge in [-0.05, 0) is 73.9 Å². The summed E-state index contributed by atoms with van der Waals surface area (Å²) in [4.78, 5) is 84.1. The third-order valence-corrected chi connectivity index (χ3v) is 16.6. The van der Waals surface area contributed by atoms with Gasteiger partial charge in [0.25, 0.3) is 5.89 Å². The Balaban J connectivity index is 0.626. The van der Waals surface area contributed by atoms with Crippen LogP contribution < -0.4 is 21.3 Å². The van der Waals surface area contributed by atoms with E-state index in [0.717, 1.165) is 32.8 Å². The zero-order valence-corrected chi connectivity index (χ0v) is 51.4. The van der Waals surface area contributed by atoms with Crippen molar-refractivity contribution in [1.82, 2.24) is 45.6 Å². The van der Waals surface area contributed by atoms with Crippen LogP contribution in [0.2, 0.25) is 0 Å². The molecule has 6 aromatic rings. The number of likely N-dealkylation sites (tertiary alicyclic amines) is 2. The largest absolute Gasteiger partial charge is 0.451 e. The highest BCUT2D eigenvalue weighted by Crippen LogP contribution is 2.39. The number of nitrogens with zero attached hydrogens (tertiary/aromatic N) is 7. The van der Waals surface area contributed by atoms with Crippen LogP contribution in [-0.2, 0) is 55.0 Å². The Morgan fingerprint density at radius 2 is 1.53 bits per heavy atom. The number of carbonyl (C=O) groups excluding carboxylic acids is 5. The van der Waals surface area contributed by atoms with Gasteiger partial charge in [-0.2, -0.15) is 4.98 Å². The number of carbonyl (C=O) groups is 5. The number of fused-ring (bicyclic) bond motifs is 1. The number of ether oxygens (including phenoxy) is 5. The van der Waals surface area contributed by atoms with Gasteiger partial charge in [-0.15, -0.1) is 21.5 Å². The molecule has 4 amide bonds. The highest BCUT2D eigenvalue weighted by molar-refractivity contribution is 7.13. The predicted molar refractivity (Wildman–Crippen MR) is 326 cm³/mol. The number of hydrogen-bond acceptors (Lipinski definition) is 21. The Kier molecular flexibility index (Phi) is 22.0. The number of amides is 4. The molecule has 88 heavy (non-hydrogen) atoms. The maximum Gasteiger partial charge on any atom is 0.339 e. The maximum atomic E-state index is 14.0. The zero-order chi connectivity index (χ0) is 62.4. The molecule has 0 aliphatic carbocycles. The standard InChI is InChI=1S/C63H79N11O13S/c1-39-53(88-38-66-39)42-14-12-40(13-15-42)34-64-56(79)50-33-45(76)36-74(50)59(80)54(62(2,3)4)69-51(77)20-24-82-26-28-84-30-31-85-29-27-83-25-21-52(78)73-22-18-43(19-23-73)57-71-72-58(86-57)47-35-65-61(70-55(47)68-49(37-75)41-10-8-7-9-11-41)67-44-16-17-46-48(32-44)63(5,6)87-60(46)81/h7-17,32,35,38,43,45,49-50,54,75-76H,18-31,33-34,36-37H2,1-6H3,(H,64,79)(H,69,77)(H2,65,67,68,70)/t45-,49-,50+,54-/m1/s1. The number of benzene rings is 3. The fourth-order valence-corrected chi connectivity index (χ4v) is 11.5. The summed E-state index contributed by atoms with van der Waals surface area (Å²) in [6.07, 6.45) is 2.26. The molecule has 3 aliphatic rings. The number of cyclic esters (lactones) is 1. The maximum absolute atomic E-state index is 14.0. The fraction of sp³-hybridized carbons (Fsp3) is 0.492. The lowest BCUT2D eigenvalue weighted by Crippen LogP contribution is -2.57. The van der Waals surface area contributed by atoms with Crippen LogP contribution in [0.25, 0.3) is 21.9 Å². The Bertz CT molecular complexity index is 3330. The summed E-state index contributed by atoms with van der Waals surface area (Å²) in [5.41, 5.74) is 6.37. The van der Waals surface area contributed by atoms with Crippen molar-refractivity contribution in [2.45, 2.75) is 116 Å². The van der Waals surface area contributed by atoms with Crippen LogP contribution >= 0.6 is 11.3 Å². The number of nitrogens with one attached hydrogen (secondary N) is 4. The quantitative estimate of drug-likeness (QED) is 0.0212. The molecular formula is C63H79N11O13S. The molecule has 3 aromatic heterocycles. The van der Waals surface area contributed by atoms with E-state index in [1.807, 2.05) is 113 Å². The van der Waals surface area contributed by atoms with Crippen LogP contribution in [0.1, 0.15) is 117 Å². The van der Waals surface area contributed by atoms with Gasteiger partial charge in [-0.25, -0.2) is 14.8 Å². The molecule has 2 saturated heterocycles. The molecule has 24 nitrogen and oxygen atoms in total. The minimum Gasteiger partial charge on any atom is -0.451 e. The van der Waals surface area contributed by atoms with Gasteiger partial charge in [-0.3, -0.25) is 19.2 Å². The lowest BCUT2D eigenvalue weighted by atomic mass is 9.85. The number of hydrogen-bond donors (Lipinski definition) is 6. The summed E-state index contributed by atoms with van der Waals surface area (Å²) in [7, 11) is 0. The van der Waals surface area contributed by atoms with Gasteiger partial charge in [-0.1, -0.05) is 75.4 Å². The molecule has 0 bridgehead atoms. The van der Waals surface area contributed by atoms with Crippen LogP contribution in [0.4, 0.5) is 17.5 Å². The van der Waals surface area contributed by atoms with Gasteiger partial charge in [0.15, 0.2) is 0 Å². The molecule has 470 valence electrons. The minimum atomic E-state index is -0.951. The molecule has 0 saturated carbocycles. The molecule has 0 radical (unpaired) electrons. The highest BCUT2D eigenvalue weighted by atomic mass is 32.1. The number of aryl methyl sites for hydroxylation is 1. The van der Waals surface area contributed by atoms with Crippen molar-refractivity contribution in [3.63, 3.8) is 0 Å². The van der Waals surface area contributed by atoms with Crippen molar-refractivity contribution in [3.05, 3.63) is 118 Å². The van der Waals surface area contributed by atoms with Gasteiger partial charge in [0, 0.05) is 62.4 Å². The normalized spacial score (nSPS) is 17.3. The number of aliphatic hydroxyl groups excluding tert-OH is 2. The number of esters is 1. The summed E-state index contributed by atoms with van der Waals surface area (Å²) in [6, 6.07) is 20.3. The number of piperidine rings is 1. The Morgan fingerprint density at radius 3 is 2.19 bits per heavy atom. The summed E-state index contributed by atoms with van der Waals surface area (Å²) in [5, 5.41) is 42.2. The second-order valence-corrected chi connectivity index (χ2v) is 24.4. The summed E-state index contributed by atoms with van der Waals surface area (Å²) < 4.78 is 34.4. The first kappa shape index (κ1) is 64.7. The lowest BCUT2D eigenvalue weighted by Gasteiger charge is -2.35. The smallest absolute Gasteiger partial charge is 0.339 e. The molecule has 3 aliphatic heterocycles. The molecule has 4 atom stereocenters. The zero-order valence-electron chi connectivity index (χ0n) is 50.6. The van der Waals surface area contributed by atoms with Crippen LogP contribution in [0.3, 0.4) is 0 Å². The number of anilines is 3. The molecule has 6 N–H and O–H groups in total. The molecule has 9 rings (SSSR count). The predicted octanol–water partition coefficient (Wildman–Crippen LogP) is 6.61. The van der Waals surface area contributed by atoms with Crippen molar-refractivity contribution in [2.24, 2.45) is 5.41 Å². The third-order valence-electron chi connectivity index (χ3n) is 15.6. The first-order chi connectivity index (χ1) is 42.3.